The van der Waals surface area contributed by atoms with Gasteiger partial charge in [0.15, 0.2) is 5.13 Å². The number of aromatic nitrogens is 1. The lowest BCUT2D eigenvalue weighted by Crippen LogP contribution is -2.18. The third kappa shape index (κ3) is 4.80. The summed E-state index contributed by atoms with van der Waals surface area (Å²) in [5.41, 5.74) is 1.84. The van der Waals surface area contributed by atoms with E-state index in [-0.39, 0.29) is 11.8 Å². The summed E-state index contributed by atoms with van der Waals surface area (Å²) in [5.74, 6) is 0.0491. The van der Waals surface area contributed by atoms with Crippen LogP contribution in [-0.2, 0) is 16.4 Å². The highest BCUT2D eigenvalue weighted by Crippen LogP contribution is 2.21. The molecule has 114 valence electrons. The fourth-order valence-corrected chi connectivity index (χ4v) is 3.90. The van der Waals surface area contributed by atoms with E-state index < -0.39 is 10.0 Å². The van der Waals surface area contributed by atoms with Gasteiger partial charge in [-0.3, -0.25) is 4.72 Å². The lowest BCUT2D eigenvalue weighted by Gasteiger charge is -2.06. The van der Waals surface area contributed by atoms with E-state index in [1.165, 1.54) is 11.3 Å². The molecule has 0 spiro atoms. The number of benzene rings is 1. The molecule has 2 rings (SSSR count). The lowest BCUT2D eigenvalue weighted by molar-refractivity contribution is 0.600. The highest BCUT2D eigenvalue weighted by Gasteiger charge is 2.14. The minimum absolute atomic E-state index is 0.0491. The first-order chi connectivity index (χ1) is 10.00. The molecule has 0 aliphatic rings. The maximum atomic E-state index is 12.1. The van der Waals surface area contributed by atoms with Gasteiger partial charge in [0.05, 0.1) is 11.4 Å². The van der Waals surface area contributed by atoms with Crippen molar-refractivity contribution in [2.45, 2.75) is 19.4 Å². The molecule has 1 unspecified atom stereocenters. The number of thiazole rings is 1. The van der Waals surface area contributed by atoms with E-state index in [9.17, 15) is 8.42 Å². The molecule has 0 bridgehead atoms. The molecule has 0 saturated carbocycles. The molecule has 2 aromatic rings. The molecule has 1 heterocycles. The first-order valence-electron chi connectivity index (χ1n) is 6.67. The van der Waals surface area contributed by atoms with Crippen molar-refractivity contribution >= 4 is 26.5 Å². The normalized spacial score (nSPS) is 13.0. The molecular weight excluding hydrogens is 306 g/mol. The molecule has 1 aromatic heterocycles. The summed E-state index contributed by atoms with van der Waals surface area (Å²) in [6, 6.07) is 9.67. The van der Waals surface area contributed by atoms with Crippen molar-refractivity contribution in [2.24, 2.45) is 0 Å². The van der Waals surface area contributed by atoms with Gasteiger partial charge >= 0.3 is 0 Å². The van der Waals surface area contributed by atoms with Crippen LogP contribution in [0.5, 0.6) is 0 Å². The highest BCUT2D eigenvalue weighted by molar-refractivity contribution is 7.92. The molecule has 0 saturated heterocycles. The van der Waals surface area contributed by atoms with Gasteiger partial charge in [-0.1, -0.05) is 30.3 Å². The van der Waals surface area contributed by atoms with Crippen LogP contribution >= 0.6 is 11.3 Å². The number of aryl methyl sites for hydroxylation is 1. The summed E-state index contributed by atoms with van der Waals surface area (Å²) in [4.78, 5) is 4.29. The van der Waals surface area contributed by atoms with Crippen LogP contribution < -0.4 is 10.0 Å². The smallest absolute Gasteiger partial charge is 0.234 e. The number of hydrogen-bond acceptors (Lipinski definition) is 5. The van der Waals surface area contributed by atoms with Gasteiger partial charge in [-0.2, -0.15) is 0 Å². The highest BCUT2D eigenvalue weighted by atomic mass is 32.2. The average molecular weight is 325 g/mol. The first-order valence-corrected chi connectivity index (χ1v) is 9.20. The maximum Gasteiger partial charge on any atom is 0.234 e. The number of rotatable bonds is 7. The third-order valence-electron chi connectivity index (χ3n) is 3.14. The Labute approximate surface area is 129 Å². The van der Waals surface area contributed by atoms with Crippen LogP contribution in [0, 0.1) is 0 Å². The fourth-order valence-electron chi connectivity index (χ4n) is 1.76. The van der Waals surface area contributed by atoms with Crippen LogP contribution in [0.1, 0.15) is 24.2 Å². The molecule has 0 aliphatic carbocycles. The van der Waals surface area contributed by atoms with E-state index in [2.05, 4.69) is 15.0 Å². The average Bonchev–Trinajstić information content (AvgIpc) is 2.93. The second kappa shape index (κ2) is 7.02. The van der Waals surface area contributed by atoms with Crippen molar-refractivity contribution in [3.63, 3.8) is 0 Å². The Kier molecular flexibility index (Phi) is 5.33. The number of anilines is 1. The van der Waals surface area contributed by atoms with E-state index in [1.807, 2.05) is 49.7 Å². The van der Waals surface area contributed by atoms with Gasteiger partial charge < -0.3 is 5.32 Å². The van der Waals surface area contributed by atoms with E-state index in [0.29, 0.717) is 11.6 Å². The van der Waals surface area contributed by atoms with Crippen LogP contribution in [-0.4, -0.2) is 26.2 Å². The maximum absolute atomic E-state index is 12.1. The molecule has 1 atom stereocenters. The van der Waals surface area contributed by atoms with Gasteiger partial charge in [0.25, 0.3) is 0 Å². The lowest BCUT2D eigenvalue weighted by atomic mass is 10.2. The van der Waals surface area contributed by atoms with Crippen molar-refractivity contribution in [2.75, 3.05) is 17.5 Å². The van der Waals surface area contributed by atoms with Crippen LogP contribution in [0.25, 0.3) is 0 Å². The summed E-state index contributed by atoms with van der Waals surface area (Å²) < 4.78 is 26.7. The van der Waals surface area contributed by atoms with Crippen LogP contribution in [0.15, 0.2) is 35.7 Å². The topological polar surface area (TPSA) is 71.1 Å². The zero-order valence-electron chi connectivity index (χ0n) is 12.0. The molecule has 0 amide bonds. The standard InChI is InChI=1S/C14H19N3O2S2/c1-11(15-2)13-10-20-14(16-13)17-21(18,19)9-8-12-6-4-3-5-7-12/h3-7,10-11,15H,8-9H2,1-2H3,(H,16,17). The van der Waals surface area contributed by atoms with E-state index in [0.717, 1.165) is 11.3 Å². The van der Waals surface area contributed by atoms with E-state index >= 15 is 0 Å². The zero-order chi connectivity index (χ0) is 15.3. The second-order valence-corrected chi connectivity index (χ2v) is 7.44. The van der Waals surface area contributed by atoms with Gasteiger partial charge in [0, 0.05) is 11.4 Å². The van der Waals surface area contributed by atoms with Crippen molar-refractivity contribution in [1.82, 2.24) is 10.3 Å². The van der Waals surface area contributed by atoms with Crippen LogP contribution in [0.4, 0.5) is 5.13 Å². The zero-order valence-corrected chi connectivity index (χ0v) is 13.7. The monoisotopic (exact) mass is 325 g/mol. The van der Waals surface area contributed by atoms with Gasteiger partial charge in [0.1, 0.15) is 0 Å². The summed E-state index contributed by atoms with van der Waals surface area (Å²) in [6.07, 6.45) is 0.487. The molecule has 5 nitrogen and oxygen atoms in total. The quantitative estimate of drug-likeness (QED) is 0.820. The van der Waals surface area contributed by atoms with Gasteiger partial charge in [-0.25, -0.2) is 13.4 Å². The second-order valence-electron chi connectivity index (χ2n) is 4.74. The molecular formula is C14H19N3O2S2. The van der Waals surface area contributed by atoms with Crippen molar-refractivity contribution in [1.29, 1.82) is 0 Å². The molecule has 0 fully saturated rings. The Morgan fingerprint density at radius 3 is 2.67 bits per heavy atom. The Bertz CT molecular complexity index is 669. The van der Waals surface area contributed by atoms with Crippen molar-refractivity contribution in [3.8, 4) is 0 Å². The summed E-state index contributed by atoms with van der Waals surface area (Å²) in [6.45, 7) is 1.97. The summed E-state index contributed by atoms with van der Waals surface area (Å²) in [5, 5.41) is 5.35. The molecule has 2 N–H and O–H groups in total. The predicted molar refractivity (Wildman–Crippen MR) is 87.1 cm³/mol. The van der Waals surface area contributed by atoms with E-state index in [4.69, 9.17) is 0 Å². The molecule has 7 heteroatoms. The van der Waals surface area contributed by atoms with Crippen LogP contribution in [0.2, 0.25) is 0 Å². The molecule has 0 aliphatic heterocycles. The number of hydrogen-bond donors (Lipinski definition) is 2. The van der Waals surface area contributed by atoms with E-state index in [1.54, 1.807) is 0 Å². The Hall–Kier alpha value is -1.44. The van der Waals surface area contributed by atoms with Gasteiger partial charge in [0.2, 0.25) is 10.0 Å². The molecule has 21 heavy (non-hydrogen) atoms. The predicted octanol–water partition coefficient (Wildman–Crippen LogP) is 2.41. The van der Waals surface area contributed by atoms with Crippen molar-refractivity contribution in [3.05, 3.63) is 47.0 Å². The Morgan fingerprint density at radius 1 is 1.29 bits per heavy atom. The Balaban J connectivity index is 1.96. The minimum atomic E-state index is -3.37. The third-order valence-corrected chi connectivity index (χ3v) is 5.29. The summed E-state index contributed by atoms with van der Waals surface area (Å²) >= 11 is 1.30. The largest absolute Gasteiger partial charge is 0.312 e. The number of sulfonamides is 1. The Morgan fingerprint density at radius 2 is 2.00 bits per heavy atom. The number of nitrogens with one attached hydrogen (secondary N) is 2. The van der Waals surface area contributed by atoms with Gasteiger partial charge in [-0.15, -0.1) is 11.3 Å². The SMILES string of the molecule is CNC(C)c1csc(NS(=O)(=O)CCc2ccccc2)n1. The minimum Gasteiger partial charge on any atom is -0.312 e. The van der Waals surface area contributed by atoms with Crippen molar-refractivity contribution < 1.29 is 8.42 Å². The molecule has 0 radical (unpaired) electrons. The number of nitrogens with zero attached hydrogens (tertiary/aromatic N) is 1. The molecule has 1 aromatic carbocycles. The summed E-state index contributed by atoms with van der Waals surface area (Å²) in [7, 11) is -1.53. The fraction of sp³-hybridized carbons (Fsp3) is 0.357. The first kappa shape index (κ1) is 15.9. The van der Waals surface area contributed by atoms with Crippen LogP contribution in [0.3, 0.4) is 0 Å². The van der Waals surface area contributed by atoms with Gasteiger partial charge in [-0.05, 0) is 26.0 Å².